The molecule has 31 heavy (non-hydrogen) atoms. The fraction of sp³-hybridized carbons (Fsp3) is 0.150. The summed E-state index contributed by atoms with van der Waals surface area (Å²) in [6, 6.07) is 11.1. The number of nitrogens with one attached hydrogen (secondary N) is 1. The van der Waals surface area contributed by atoms with E-state index in [1.165, 1.54) is 28.4 Å². The third-order valence-electron chi connectivity index (χ3n) is 4.55. The minimum absolute atomic E-state index is 0.0732. The van der Waals surface area contributed by atoms with Gasteiger partial charge in [0.25, 0.3) is 5.91 Å². The Labute approximate surface area is 186 Å². The first kappa shape index (κ1) is 20.8. The topological polar surface area (TPSA) is 108 Å². The third kappa shape index (κ3) is 4.81. The van der Waals surface area contributed by atoms with Gasteiger partial charge in [0.05, 0.1) is 22.9 Å². The van der Waals surface area contributed by atoms with Gasteiger partial charge < -0.3 is 5.32 Å². The molecule has 4 rings (SSSR count). The van der Waals surface area contributed by atoms with Gasteiger partial charge in [-0.05, 0) is 35.6 Å². The van der Waals surface area contributed by atoms with Crippen LogP contribution in [0.3, 0.4) is 0 Å². The first-order valence-corrected chi connectivity index (χ1v) is 10.5. The molecule has 0 fully saturated rings. The zero-order valence-electron chi connectivity index (χ0n) is 16.4. The zero-order chi connectivity index (χ0) is 22.0. The van der Waals surface area contributed by atoms with Crippen LogP contribution in [0.1, 0.15) is 26.5 Å². The van der Waals surface area contributed by atoms with Crippen molar-refractivity contribution in [1.29, 1.82) is 0 Å². The van der Waals surface area contributed by atoms with Gasteiger partial charge in [-0.3, -0.25) is 24.3 Å². The van der Waals surface area contributed by atoms with Crippen molar-refractivity contribution in [2.45, 2.75) is 20.0 Å². The van der Waals surface area contributed by atoms with E-state index in [2.05, 4.69) is 15.5 Å². The number of nitro groups is 1. The Morgan fingerprint density at radius 2 is 2.10 bits per heavy atom. The van der Waals surface area contributed by atoms with E-state index in [0.29, 0.717) is 28.8 Å². The minimum Gasteiger partial charge on any atom is -0.304 e. The van der Waals surface area contributed by atoms with E-state index in [9.17, 15) is 14.9 Å². The van der Waals surface area contributed by atoms with Crippen molar-refractivity contribution in [1.82, 2.24) is 19.6 Å². The van der Waals surface area contributed by atoms with Gasteiger partial charge in [0.1, 0.15) is 12.4 Å². The predicted molar refractivity (Wildman–Crippen MR) is 118 cm³/mol. The number of aryl methyl sites for hydroxylation is 1. The van der Waals surface area contributed by atoms with E-state index < -0.39 is 4.92 Å². The number of carbonyl (C=O) groups is 1. The average Bonchev–Trinajstić information content (AvgIpc) is 3.45. The molecule has 0 aliphatic heterocycles. The lowest BCUT2D eigenvalue weighted by atomic mass is 10.2. The van der Waals surface area contributed by atoms with Crippen LogP contribution in [0.25, 0.3) is 0 Å². The van der Waals surface area contributed by atoms with Crippen molar-refractivity contribution < 1.29 is 9.72 Å². The van der Waals surface area contributed by atoms with E-state index >= 15 is 0 Å². The van der Waals surface area contributed by atoms with Gasteiger partial charge in [0, 0.05) is 16.8 Å². The molecule has 0 bridgehead atoms. The second-order valence-corrected chi connectivity index (χ2v) is 8.17. The molecule has 0 saturated carbocycles. The maximum absolute atomic E-state index is 12.6. The lowest BCUT2D eigenvalue weighted by Crippen LogP contribution is -2.11. The molecule has 1 aromatic carbocycles. The van der Waals surface area contributed by atoms with Crippen molar-refractivity contribution in [2.75, 3.05) is 5.32 Å². The third-order valence-corrected chi connectivity index (χ3v) is 5.90. The number of benzene rings is 1. The molecule has 0 atom stereocenters. The van der Waals surface area contributed by atoms with E-state index in [-0.39, 0.29) is 11.6 Å². The molecule has 0 aliphatic carbocycles. The molecule has 3 heterocycles. The summed E-state index contributed by atoms with van der Waals surface area (Å²) in [4.78, 5) is 23.4. The highest BCUT2D eigenvalue weighted by molar-refractivity contribution is 7.12. The second-order valence-electron chi connectivity index (χ2n) is 6.85. The van der Waals surface area contributed by atoms with Crippen molar-refractivity contribution in [3.8, 4) is 0 Å². The standard InChI is InChI=1S/C20H17ClN6O3S/c1-13-6-19(24-26(13)10-15-4-2-3-5-17(15)21)23-20(28)18-7-14(12-31-18)9-25-11-16(8-22-25)27(29)30/h2-8,11-12H,9-10H2,1H3,(H,23,24,28). The van der Waals surface area contributed by atoms with Crippen LogP contribution in [0.2, 0.25) is 5.02 Å². The van der Waals surface area contributed by atoms with Crippen LogP contribution in [0.15, 0.2) is 54.2 Å². The highest BCUT2D eigenvalue weighted by atomic mass is 35.5. The molecule has 3 aromatic heterocycles. The highest BCUT2D eigenvalue weighted by Crippen LogP contribution is 2.20. The maximum Gasteiger partial charge on any atom is 0.307 e. The van der Waals surface area contributed by atoms with Gasteiger partial charge in [-0.1, -0.05) is 29.8 Å². The zero-order valence-corrected chi connectivity index (χ0v) is 17.9. The summed E-state index contributed by atoms with van der Waals surface area (Å²) in [5.41, 5.74) is 2.59. The largest absolute Gasteiger partial charge is 0.307 e. The van der Waals surface area contributed by atoms with Crippen LogP contribution in [0, 0.1) is 17.0 Å². The summed E-state index contributed by atoms with van der Waals surface area (Å²) in [6.45, 7) is 2.75. The summed E-state index contributed by atoms with van der Waals surface area (Å²) in [5.74, 6) is 0.178. The molecule has 0 unspecified atom stereocenters. The quantitative estimate of drug-likeness (QED) is 0.328. The normalized spacial score (nSPS) is 10.9. The molecular formula is C20H17ClN6O3S. The average molecular weight is 457 g/mol. The number of carbonyl (C=O) groups excluding carboxylic acids is 1. The summed E-state index contributed by atoms with van der Waals surface area (Å²) in [6.07, 6.45) is 2.55. The Bertz CT molecular complexity index is 1260. The van der Waals surface area contributed by atoms with Crippen LogP contribution < -0.4 is 5.32 Å². The van der Waals surface area contributed by atoms with Crippen LogP contribution in [-0.4, -0.2) is 30.4 Å². The summed E-state index contributed by atoms with van der Waals surface area (Å²) in [5, 5.41) is 24.5. The lowest BCUT2D eigenvalue weighted by Gasteiger charge is -2.06. The SMILES string of the molecule is Cc1cc(NC(=O)c2cc(Cn3cc([N+](=O)[O-])cn3)cs2)nn1Cc1ccccc1Cl. The number of nitrogens with zero attached hydrogens (tertiary/aromatic N) is 5. The summed E-state index contributed by atoms with van der Waals surface area (Å²) < 4.78 is 3.24. The predicted octanol–water partition coefficient (Wildman–Crippen LogP) is 4.36. The number of halogens is 1. The number of hydrogen-bond donors (Lipinski definition) is 1. The number of anilines is 1. The number of rotatable bonds is 7. The molecule has 0 aliphatic rings. The van der Waals surface area contributed by atoms with Gasteiger partial charge in [0.2, 0.25) is 0 Å². The smallest absolute Gasteiger partial charge is 0.304 e. The molecule has 0 spiro atoms. The second kappa shape index (κ2) is 8.70. The van der Waals surface area contributed by atoms with Crippen LogP contribution in [0.5, 0.6) is 0 Å². The van der Waals surface area contributed by atoms with E-state index in [0.717, 1.165) is 16.8 Å². The van der Waals surface area contributed by atoms with Crippen molar-refractivity contribution in [3.63, 3.8) is 0 Å². The number of amides is 1. The van der Waals surface area contributed by atoms with Crippen molar-refractivity contribution in [3.05, 3.63) is 91.0 Å². The Morgan fingerprint density at radius 3 is 2.84 bits per heavy atom. The molecule has 0 radical (unpaired) electrons. The highest BCUT2D eigenvalue weighted by Gasteiger charge is 2.14. The Morgan fingerprint density at radius 1 is 1.29 bits per heavy atom. The van der Waals surface area contributed by atoms with E-state index in [4.69, 9.17) is 11.6 Å². The fourth-order valence-electron chi connectivity index (χ4n) is 3.00. The molecular weight excluding hydrogens is 440 g/mol. The minimum atomic E-state index is -0.497. The lowest BCUT2D eigenvalue weighted by molar-refractivity contribution is -0.385. The van der Waals surface area contributed by atoms with Gasteiger partial charge in [-0.25, -0.2) is 0 Å². The Kier molecular flexibility index (Phi) is 5.83. The van der Waals surface area contributed by atoms with Gasteiger partial charge >= 0.3 is 5.69 Å². The van der Waals surface area contributed by atoms with Gasteiger partial charge in [-0.2, -0.15) is 10.2 Å². The monoisotopic (exact) mass is 456 g/mol. The number of thiophene rings is 1. The number of hydrogen-bond acceptors (Lipinski definition) is 6. The molecule has 9 nitrogen and oxygen atoms in total. The maximum atomic E-state index is 12.6. The van der Waals surface area contributed by atoms with Gasteiger partial charge in [0.15, 0.2) is 5.82 Å². The van der Waals surface area contributed by atoms with Crippen LogP contribution >= 0.6 is 22.9 Å². The first-order valence-electron chi connectivity index (χ1n) is 9.22. The van der Waals surface area contributed by atoms with Gasteiger partial charge in [-0.15, -0.1) is 11.3 Å². The fourth-order valence-corrected chi connectivity index (χ4v) is 3.99. The molecule has 158 valence electrons. The Hall–Kier alpha value is -3.50. The van der Waals surface area contributed by atoms with E-state index in [1.807, 2.05) is 36.6 Å². The first-order chi connectivity index (χ1) is 14.9. The van der Waals surface area contributed by atoms with Crippen LogP contribution in [0.4, 0.5) is 11.5 Å². The summed E-state index contributed by atoms with van der Waals surface area (Å²) >= 11 is 7.51. The number of aromatic nitrogens is 4. The molecule has 11 heteroatoms. The molecule has 0 saturated heterocycles. The molecule has 1 amide bonds. The van der Waals surface area contributed by atoms with Crippen molar-refractivity contribution in [2.24, 2.45) is 0 Å². The van der Waals surface area contributed by atoms with Crippen LogP contribution in [-0.2, 0) is 13.1 Å². The van der Waals surface area contributed by atoms with E-state index in [1.54, 1.807) is 16.8 Å². The summed E-state index contributed by atoms with van der Waals surface area (Å²) in [7, 11) is 0. The Balaban J connectivity index is 1.42. The molecule has 4 aromatic rings. The molecule has 1 N–H and O–H groups in total. The van der Waals surface area contributed by atoms with Crippen molar-refractivity contribution >= 4 is 40.4 Å².